The average molecular weight is 157 g/mol. The van der Waals surface area contributed by atoms with Crippen LogP contribution in [0.3, 0.4) is 0 Å². The van der Waals surface area contributed by atoms with Crippen molar-refractivity contribution in [2.75, 3.05) is 0 Å². The van der Waals surface area contributed by atoms with E-state index in [-0.39, 0.29) is 5.76 Å². The Hall–Kier alpha value is -1.65. The Morgan fingerprint density at radius 2 is 2.55 bits per heavy atom. The monoisotopic (exact) mass is 157 g/mol. The second-order valence-electron chi connectivity index (χ2n) is 1.71. The van der Waals surface area contributed by atoms with E-state index in [0.29, 0.717) is 0 Å². The van der Waals surface area contributed by atoms with Gasteiger partial charge in [0.25, 0.3) is 0 Å². The number of nitrogens with zero attached hydrogens (tertiary/aromatic N) is 1. The van der Waals surface area contributed by atoms with Crippen LogP contribution >= 0.6 is 0 Å². The summed E-state index contributed by atoms with van der Waals surface area (Å²) in [5, 5.41) is 11.3. The summed E-state index contributed by atoms with van der Waals surface area (Å²) in [6, 6.07) is 1.35. The number of hydrogen-bond acceptors (Lipinski definition) is 3. The van der Waals surface area contributed by atoms with Gasteiger partial charge in [0.2, 0.25) is 5.83 Å². The van der Waals surface area contributed by atoms with Crippen molar-refractivity contribution in [2.45, 2.75) is 0 Å². The van der Waals surface area contributed by atoms with Crippen molar-refractivity contribution in [1.82, 2.24) is 5.16 Å². The van der Waals surface area contributed by atoms with Crippen LogP contribution in [0.25, 0.3) is 6.08 Å². The fourth-order valence-electron chi connectivity index (χ4n) is 0.487. The average Bonchev–Trinajstić information content (AvgIpc) is 2.39. The van der Waals surface area contributed by atoms with Crippen LogP contribution in [-0.2, 0) is 4.79 Å². The standard InChI is InChI=1S/C6H4FNO3/c7-5(6(9)10)3-4-1-2-8-11-4/h1-3H,(H,9,10)/b5-3-. The first-order chi connectivity index (χ1) is 5.20. The minimum atomic E-state index is -1.62. The lowest BCUT2D eigenvalue weighted by Crippen LogP contribution is -1.93. The molecule has 11 heavy (non-hydrogen) atoms. The minimum absolute atomic E-state index is 0.0740. The molecule has 0 unspecified atom stereocenters. The first-order valence-corrected chi connectivity index (χ1v) is 2.71. The highest BCUT2D eigenvalue weighted by molar-refractivity contribution is 5.88. The molecule has 0 radical (unpaired) electrons. The molecular formula is C6H4FNO3. The predicted octanol–water partition coefficient (Wildman–Crippen LogP) is 1.07. The summed E-state index contributed by atoms with van der Waals surface area (Å²) in [7, 11) is 0. The van der Waals surface area contributed by atoms with Gasteiger partial charge in [-0.05, 0) is 0 Å². The summed E-state index contributed by atoms with van der Waals surface area (Å²) in [6.45, 7) is 0. The van der Waals surface area contributed by atoms with E-state index >= 15 is 0 Å². The normalized spacial score (nSPS) is 11.5. The smallest absolute Gasteiger partial charge is 0.364 e. The zero-order valence-corrected chi connectivity index (χ0v) is 5.32. The lowest BCUT2D eigenvalue weighted by Gasteiger charge is -1.83. The maximum atomic E-state index is 12.3. The number of carbonyl (C=O) groups is 1. The largest absolute Gasteiger partial charge is 0.476 e. The van der Waals surface area contributed by atoms with Crippen molar-refractivity contribution in [3.63, 3.8) is 0 Å². The van der Waals surface area contributed by atoms with Gasteiger partial charge in [0.15, 0.2) is 5.76 Å². The molecular weight excluding hydrogens is 153 g/mol. The maximum absolute atomic E-state index is 12.3. The van der Waals surface area contributed by atoms with Crippen LogP contribution in [0.15, 0.2) is 22.6 Å². The molecule has 0 aliphatic heterocycles. The van der Waals surface area contributed by atoms with Crippen molar-refractivity contribution in [3.8, 4) is 0 Å². The zero-order valence-electron chi connectivity index (χ0n) is 5.32. The molecule has 1 heterocycles. The van der Waals surface area contributed by atoms with Gasteiger partial charge in [0.05, 0.1) is 6.20 Å². The van der Waals surface area contributed by atoms with Crippen LogP contribution in [0.2, 0.25) is 0 Å². The van der Waals surface area contributed by atoms with Gasteiger partial charge in [-0.3, -0.25) is 0 Å². The molecule has 0 aromatic carbocycles. The molecule has 0 atom stereocenters. The third kappa shape index (κ3) is 1.89. The number of hydrogen-bond donors (Lipinski definition) is 1. The van der Waals surface area contributed by atoms with Crippen molar-refractivity contribution in [3.05, 3.63) is 23.9 Å². The number of aromatic nitrogens is 1. The first-order valence-electron chi connectivity index (χ1n) is 2.71. The minimum Gasteiger partial charge on any atom is -0.476 e. The first kappa shape index (κ1) is 7.46. The summed E-state index contributed by atoms with van der Waals surface area (Å²) in [5.74, 6) is -2.83. The van der Waals surface area contributed by atoms with Gasteiger partial charge in [0, 0.05) is 12.1 Å². The number of aliphatic carboxylic acids is 1. The van der Waals surface area contributed by atoms with Gasteiger partial charge in [-0.15, -0.1) is 0 Å². The van der Waals surface area contributed by atoms with Crippen LogP contribution in [0.4, 0.5) is 4.39 Å². The zero-order chi connectivity index (χ0) is 8.27. The Morgan fingerprint density at radius 1 is 1.82 bits per heavy atom. The van der Waals surface area contributed by atoms with Crippen LogP contribution < -0.4 is 0 Å². The van der Waals surface area contributed by atoms with Gasteiger partial charge >= 0.3 is 5.97 Å². The summed E-state index contributed by atoms with van der Waals surface area (Å²) >= 11 is 0. The summed E-state index contributed by atoms with van der Waals surface area (Å²) in [6.07, 6.45) is 2.04. The number of carboxylic acid groups (broad SMARTS) is 1. The Balaban J connectivity index is 2.82. The van der Waals surface area contributed by atoms with Crippen molar-refractivity contribution in [1.29, 1.82) is 0 Å². The third-order valence-corrected chi connectivity index (χ3v) is 0.931. The molecule has 0 saturated heterocycles. The summed E-state index contributed by atoms with van der Waals surface area (Å²) < 4.78 is 16.7. The molecule has 0 fully saturated rings. The van der Waals surface area contributed by atoms with E-state index in [0.717, 1.165) is 6.08 Å². The molecule has 1 rings (SSSR count). The van der Waals surface area contributed by atoms with Gasteiger partial charge in [0.1, 0.15) is 0 Å². The summed E-state index contributed by atoms with van der Waals surface area (Å²) in [4.78, 5) is 9.92. The molecule has 0 amide bonds. The number of rotatable bonds is 2. The topological polar surface area (TPSA) is 63.3 Å². The molecule has 58 valence electrons. The maximum Gasteiger partial charge on any atom is 0.364 e. The predicted molar refractivity (Wildman–Crippen MR) is 33.2 cm³/mol. The highest BCUT2D eigenvalue weighted by atomic mass is 19.1. The summed E-state index contributed by atoms with van der Waals surface area (Å²) in [5.41, 5.74) is 0. The van der Waals surface area contributed by atoms with Crippen molar-refractivity contribution < 1.29 is 18.8 Å². The molecule has 5 heteroatoms. The third-order valence-electron chi connectivity index (χ3n) is 0.931. The van der Waals surface area contributed by atoms with Gasteiger partial charge < -0.3 is 9.63 Å². The van der Waals surface area contributed by atoms with Crippen molar-refractivity contribution in [2.24, 2.45) is 0 Å². The van der Waals surface area contributed by atoms with E-state index in [4.69, 9.17) is 5.11 Å². The van der Waals surface area contributed by atoms with Gasteiger partial charge in [-0.1, -0.05) is 5.16 Å². The Bertz CT molecular complexity index is 278. The second kappa shape index (κ2) is 2.96. The Labute approximate surface area is 60.9 Å². The van der Waals surface area contributed by atoms with E-state index in [2.05, 4.69) is 9.68 Å². The van der Waals surface area contributed by atoms with Crippen molar-refractivity contribution >= 4 is 12.0 Å². The van der Waals surface area contributed by atoms with Crippen LogP contribution in [0, 0.1) is 0 Å². The van der Waals surface area contributed by atoms with Gasteiger partial charge in [-0.25, -0.2) is 4.79 Å². The van der Waals surface area contributed by atoms with E-state index in [1.807, 2.05) is 0 Å². The molecule has 0 aliphatic carbocycles. The second-order valence-corrected chi connectivity index (χ2v) is 1.71. The van der Waals surface area contributed by atoms with E-state index in [9.17, 15) is 9.18 Å². The Morgan fingerprint density at radius 3 is 3.00 bits per heavy atom. The molecule has 1 aromatic heterocycles. The SMILES string of the molecule is O=C(O)/C(F)=C/c1ccno1. The molecule has 1 N–H and O–H groups in total. The fourth-order valence-corrected chi connectivity index (χ4v) is 0.487. The number of halogens is 1. The number of carboxylic acids is 1. The fraction of sp³-hybridized carbons (Fsp3) is 0. The van der Waals surface area contributed by atoms with E-state index in [1.165, 1.54) is 12.3 Å². The Kier molecular flexibility index (Phi) is 2.00. The highest BCUT2D eigenvalue weighted by Crippen LogP contribution is 2.06. The lowest BCUT2D eigenvalue weighted by atomic mass is 10.4. The van der Waals surface area contributed by atoms with E-state index < -0.39 is 11.8 Å². The molecule has 0 aliphatic rings. The van der Waals surface area contributed by atoms with Gasteiger partial charge in [-0.2, -0.15) is 4.39 Å². The lowest BCUT2D eigenvalue weighted by molar-refractivity contribution is -0.134. The molecule has 0 bridgehead atoms. The van der Waals surface area contributed by atoms with E-state index in [1.54, 1.807) is 0 Å². The highest BCUT2D eigenvalue weighted by Gasteiger charge is 2.05. The molecule has 4 nitrogen and oxygen atoms in total. The molecule has 0 spiro atoms. The molecule has 1 aromatic rings. The van der Waals surface area contributed by atoms with Crippen LogP contribution in [0.1, 0.15) is 5.76 Å². The molecule has 0 saturated carbocycles. The quantitative estimate of drug-likeness (QED) is 0.652. The van der Waals surface area contributed by atoms with Crippen LogP contribution in [-0.4, -0.2) is 16.2 Å². The van der Waals surface area contributed by atoms with Crippen LogP contribution in [0.5, 0.6) is 0 Å².